The van der Waals surface area contributed by atoms with Gasteiger partial charge in [-0.3, -0.25) is 9.78 Å². The minimum absolute atomic E-state index is 0.174. The van der Waals surface area contributed by atoms with Gasteiger partial charge in [-0.2, -0.15) is 0 Å². The highest BCUT2D eigenvalue weighted by Crippen LogP contribution is 2.17. The molecule has 2 aromatic heterocycles. The van der Waals surface area contributed by atoms with E-state index in [1.54, 1.807) is 30.3 Å². The summed E-state index contributed by atoms with van der Waals surface area (Å²) in [6.07, 6.45) is 4.69. The third kappa shape index (κ3) is 4.55. The Kier molecular flexibility index (Phi) is 5.76. The molecule has 0 bridgehead atoms. The summed E-state index contributed by atoms with van der Waals surface area (Å²) in [7, 11) is 1.70. The average molecular weight is 369 g/mol. The Bertz CT molecular complexity index is 872. The minimum atomic E-state index is -0.174. The van der Waals surface area contributed by atoms with Crippen molar-refractivity contribution in [1.29, 1.82) is 0 Å². The van der Waals surface area contributed by atoms with Gasteiger partial charge in [0.2, 0.25) is 0 Å². The summed E-state index contributed by atoms with van der Waals surface area (Å²) in [4.78, 5) is 26.6. The van der Waals surface area contributed by atoms with Crippen molar-refractivity contribution >= 4 is 17.5 Å². The van der Waals surface area contributed by atoms with Crippen molar-refractivity contribution in [3.63, 3.8) is 0 Å². The predicted octanol–water partition coefficient (Wildman–Crippen LogP) is 3.34. The summed E-state index contributed by atoms with van der Waals surface area (Å²) in [5.41, 5.74) is 1.07. The molecule has 2 heterocycles. The Morgan fingerprint density at radius 2 is 1.92 bits per heavy atom. The van der Waals surface area contributed by atoms with Crippen LogP contribution in [0.3, 0.4) is 0 Å². The van der Waals surface area contributed by atoms with Gasteiger partial charge in [0, 0.05) is 30.7 Å². The molecule has 0 aliphatic heterocycles. The summed E-state index contributed by atoms with van der Waals surface area (Å²) in [6.45, 7) is 0.781. The summed E-state index contributed by atoms with van der Waals surface area (Å²) in [5, 5.41) is 0.608. The second-order valence-electron chi connectivity index (χ2n) is 5.54. The highest BCUT2D eigenvalue weighted by atomic mass is 35.5. The Balaban J connectivity index is 1.56. The van der Waals surface area contributed by atoms with Crippen molar-refractivity contribution < 1.29 is 9.53 Å². The van der Waals surface area contributed by atoms with Gasteiger partial charge in [0.15, 0.2) is 5.82 Å². The molecule has 0 atom stereocenters. The van der Waals surface area contributed by atoms with E-state index in [1.807, 2.05) is 30.3 Å². The van der Waals surface area contributed by atoms with Crippen molar-refractivity contribution in [2.45, 2.75) is 0 Å². The lowest BCUT2D eigenvalue weighted by Crippen LogP contribution is -2.31. The molecule has 0 fully saturated rings. The predicted molar refractivity (Wildman–Crippen MR) is 99.2 cm³/mol. The fourth-order valence-electron chi connectivity index (χ4n) is 2.24. The Morgan fingerprint density at radius 3 is 2.62 bits per heavy atom. The normalized spacial score (nSPS) is 10.4. The van der Waals surface area contributed by atoms with Crippen LogP contribution in [0.5, 0.6) is 5.75 Å². The number of ether oxygens (including phenoxy) is 1. The van der Waals surface area contributed by atoms with Gasteiger partial charge < -0.3 is 9.64 Å². The quantitative estimate of drug-likeness (QED) is 0.667. The zero-order chi connectivity index (χ0) is 18.4. The van der Waals surface area contributed by atoms with E-state index in [1.165, 1.54) is 12.4 Å². The maximum atomic E-state index is 12.4. The minimum Gasteiger partial charge on any atom is -0.492 e. The molecule has 1 aromatic carbocycles. The van der Waals surface area contributed by atoms with Crippen LogP contribution in [0.25, 0.3) is 11.5 Å². The van der Waals surface area contributed by atoms with E-state index in [0.717, 1.165) is 0 Å². The number of likely N-dealkylation sites (N-methyl/N-ethyl adjacent to an activating group) is 1. The van der Waals surface area contributed by atoms with E-state index in [4.69, 9.17) is 16.3 Å². The number of benzene rings is 1. The number of amides is 1. The van der Waals surface area contributed by atoms with Gasteiger partial charge >= 0.3 is 0 Å². The lowest BCUT2D eigenvalue weighted by Gasteiger charge is -2.17. The number of pyridine rings is 1. The van der Waals surface area contributed by atoms with E-state index < -0.39 is 0 Å². The third-order valence-electron chi connectivity index (χ3n) is 3.63. The topological polar surface area (TPSA) is 68.2 Å². The van der Waals surface area contributed by atoms with Gasteiger partial charge in [0.05, 0.1) is 12.1 Å². The van der Waals surface area contributed by atoms with Crippen molar-refractivity contribution in [1.82, 2.24) is 19.9 Å². The number of aromatic nitrogens is 3. The second kappa shape index (κ2) is 8.40. The van der Waals surface area contributed by atoms with Crippen molar-refractivity contribution in [2.24, 2.45) is 0 Å². The Hall–Kier alpha value is -2.99. The Labute approximate surface area is 156 Å². The van der Waals surface area contributed by atoms with Crippen LogP contribution >= 0.6 is 11.6 Å². The molecule has 132 valence electrons. The molecule has 0 saturated heterocycles. The molecule has 0 N–H and O–H groups in total. The number of hydrogen-bond acceptors (Lipinski definition) is 5. The summed E-state index contributed by atoms with van der Waals surface area (Å²) in [5.74, 6) is 0.975. The first-order chi connectivity index (χ1) is 12.6. The fourth-order valence-corrected chi connectivity index (χ4v) is 2.43. The van der Waals surface area contributed by atoms with E-state index >= 15 is 0 Å². The highest BCUT2D eigenvalue weighted by molar-refractivity contribution is 6.30. The number of halogens is 1. The number of carbonyl (C=O) groups is 1. The van der Waals surface area contributed by atoms with Gasteiger partial charge in [-0.25, -0.2) is 9.97 Å². The largest absolute Gasteiger partial charge is 0.492 e. The average Bonchev–Trinajstić information content (AvgIpc) is 2.68. The van der Waals surface area contributed by atoms with Gasteiger partial charge in [-0.1, -0.05) is 23.7 Å². The first-order valence-electron chi connectivity index (χ1n) is 8.01. The lowest BCUT2D eigenvalue weighted by molar-refractivity contribution is 0.0773. The summed E-state index contributed by atoms with van der Waals surface area (Å²) < 4.78 is 5.60. The van der Waals surface area contributed by atoms with Gasteiger partial charge in [-0.15, -0.1) is 0 Å². The maximum absolute atomic E-state index is 12.4. The van der Waals surface area contributed by atoms with Gasteiger partial charge in [0.25, 0.3) is 5.91 Å². The molecule has 3 rings (SSSR count). The van der Waals surface area contributed by atoms with Crippen LogP contribution in [0.1, 0.15) is 10.4 Å². The van der Waals surface area contributed by atoms with Crippen LogP contribution < -0.4 is 4.74 Å². The lowest BCUT2D eigenvalue weighted by atomic mass is 10.3. The van der Waals surface area contributed by atoms with Crippen LogP contribution in [0, 0.1) is 0 Å². The van der Waals surface area contributed by atoms with Crippen LogP contribution in [-0.4, -0.2) is 46.0 Å². The molecule has 0 aliphatic carbocycles. The molecule has 0 unspecified atom stereocenters. The van der Waals surface area contributed by atoms with Crippen LogP contribution in [0.15, 0.2) is 61.1 Å². The molecule has 3 aromatic rings. The zero-order valence-corrected chi connectivity index (χ0v) is 14.9. The van der Waals surface area contributed by atoms with Crippen molar-refractivity contribution in [3.8, 4) is 17.3 Å². The molecule has 7 heteroatoms. The molecule has 1 amide bonds. The number of hydrogen-bond donors (Lipinski definition) is 0. The molecule has 0 aliphatic rings. The van der Waals surface area contributed by atoms with Crippen LogP contribution in [0.2, 0.25) is 5.02 Å². The highest BCUT2D eigenvalue weighted by Gasteiger charge is 2.13. The smallest absolute Gasteiger partial charge is 0.256 e. The molecule has 26 heavy (non-hydrogen) atoms. The molecule has 0 radical (unpaired) electrons. The number of rotatable bonds is 6. The van der Waals surface area contributed by atoms with Crippen molar-refractivity contribution in [3.05, 3.63) is 71.6 Å². The first-order valence-corrected chi connectivity index (χ1v) is 8.38. The van der Waals surface area contributed by atoms with Crippen molar-refractivity contribution in [2.75, 3.05) is 20.2 Å². The van der Waals surface area contributed by atoms with E-state index in [2.05, 4.69) is 15.0 Å². The van der Waals surface area contributed by atoms with E-state index in [-0.39, 0.29) is 5.91 Å². The monoisotopic (exact) mass is 368 g/mol. The summed E-state index contributed by atoms with van der Waals surface area (Å²) >= 11 is 5.91. The standard InChI is InChI=1S/C19H17ClN4O2/c1-24(9-10-26-16-6-4-5-15(20)11-16)19(25)14-12-22-18(23-13-14)17-7-2-3-8-21-17/h2-8,11-13H,9-10H2,1H3. The van der Waals surface area contributed by atoms with Crippen LogP contribution in [-0.2, 0) is 0 Å². The van der Waals surface area contributed by atoms with Gasteiger partial charge in [0.1, 0.15) is 18.1 Å². The molecule has 6 nitrogen and oxygen atoms in total. The fraction of sp³-hybridized carbons (Fsp3) is 0.158. The van der Waals surface area contributed by atoms with Gasteiger partial charge in [-0.05, 0) is 30.3 Å². The maximum Gasteiger partial charge on any atom is 0.256 e. The molecule has 0 spiro atoms. The third-order valence-corrected chi connectivity index (χ3v) is 3.87. The summed E-state index contributed by atoms with van der Waals surface area (Å²) in [6, 6.07) is 12.6. The van der Waals surface area contributed by atoms with Crippen LogP contribution in [0.4, 0.5) is 0 Å². The first kappa shape index (κ1) is 17.8. The number of carbonyl (C=O) groups excluding carboxylic acids is 1. The number of nitrogens with zero attached hydrogens (tertiary/aromatic N) is 4. The molecular weight excluding hydrogens is 352 g/mol. The van der Waals surface area contributed by atoms with E-state index in [0.29, 0.717) is 41.0 Å². The zero-order valence-electron chi connectivity index (χ0n) is 14.2. The SMILES string of the molecule is CN(CCOc1cccc(Cl)c1)C(=O)c1cnc(-c2ccccn2)nc1. The molecular formula is C19H17ClN4O2. The second-order valence-corrected chi connectivity index (χ2v) is 5.98. The molecule has 0 saturated carbocycles. The Morgan fingerprint density at radius 1 is 1.12 bits per heavy atom. The van der Waals surface area contributed by atoms with E-state index in [9.17, 15) is 4.79 Å².